The van der Waals surface area contributed by atoms with Crippen molar-refractivity contribution in [3.8, 4) is 0 Å². The second kappa shape index (κ2) is 6.38. The number of carbonyl (C=O) groups excluding carboxylic acids is 1. The van der Waals surface area contributed by atoms with E-state index in [-0.39, 0.29) is 11.2 Å². The van der Waals surface area contributed by atoms with E-state index in [4.69, 9.17) is 18.9 Å². The Morgan fingerprint density at radius 3 is 2.37 bits per heavy atom. The molecule has 0 amide bonds. The van der Waals surface area contributed by atoms with Gasteiger partial charge in [-0.3, -0.25) is 4.79 Å². The number of hydrogen-bond acceptors (Lipinski definition) is 5. The van der Waals surface area contributed by atoms with Crippen LogP contribution in [0.25, 0.3) is 0 Å². The maximum absolute atomic E-state index is 12.8. The van der Waals surface area contributed by atoms with Gasteiger partial charge >= 0.3 is 0 Å². The summed E-state index contributed by atoms with van der Waals surface area (Å²) in [5.41, 5.74) is 2.60. The lowest BCUT2D eigenvalue weighted by molar-refractivity contribution is -0.232. The lowest BCUT2D eigenvalue weighted by atomic mass is 9.57. The van der Waals surface area contributed by atoms with Crippen molar-refractivity contribution in [1.82, 2.24) is 0 Å². The zero-order chi connectivity index (χ0) is 18.7. The second-order valence-electron chi connectivity index (χ2n) is 9.42. The van der Waals surface area contributed by atoms with Crippen LogP contribution < -0.4 is 0 Å². The Kier molecular flexibility index (Phi) is 4.32. The van der Waals surface area contributed by atoms with Gasteiger partial charge in [-0.25, -0.2) is 0 Å². The van der Waals surface area contributed by atoms with Crippen LogP contribution in [0.4, 0.5) is 0 Å². The summed E-state index contributed by atoms with van der Waals surface area (Å²) in [6.07, 6.45) is 7.44. The molecule has 0 radical (unpaired) electrons. The van der Waals surface area contributed by atoms with E-state index in [9.17, 15) is 4.79 Å². The Bertz CT molecular complexity index is 656. The minimum absolute atomic E-state index is 0.0762. The van der Waals surface area contributed by atoms with Gasteiger partial charge < -0.3 is 18.9 Å². The first kappa shape index (κ1) is 18.3. The number of rotatable bonds is 3. The molecule has 3 aliphatic carbocycles. The van der Waals surface area contributed by atoms with Gasteiger partial charge in [-0.05, 0) is 56.4 Å². The van der Waals surface area contributed by atoms with Crippen molar-refractivity contribution in [1.29, 1.82) is 0 Å². The fraction of sp³-hybridized carbons (Fsp3) is 0.864. The summed E-state index contributed by atoms with van der Waals surface area (Å²) < 4.78 is 23.9. The molecule has 2 saturated carbocycles. The molecule has 0 N–H and O–H groups in total. The zero-order valence-corrected chi connectivity index (χ0v) is 16.7. The van der Waals surface area contributed by atoms with Crippen LogP contribution in [-0.2, 0) is 23.7 Å². The summed E-state index contributed by atoms with van der Waals surface area (Å²) in [5, 5.41) is 0. The number of Topliss-reactive ketones (excluding diaryl/α,β-unsaturated/α-hetero) is 1. The van der Waals surface area contributed by atoms with Crippen molar-refractivity contribution in [3.05, 3.63) is 11.1 Å². The predicted octanol–water partition coefficient (Wildman–Crippen LogP) is 3.76. The molecule has 3 unspecified atom stereocenters. The van der Waals surface area contributed by atoms with E-state index in [1.807, 2.05) is 6.92 Å². The smallest absolute Gasteiger partial charge is 0.174 e. The maximum atomic E-state index is 12.8. The van der Waals surface area contributed by atoms with Crippen molar-refractivity contribution in [2.24, 2.45) is 17.3 Å². The van der Waals surface area contributed by atoms with Crippen LogP contribution in [0.1, 0.15) is 65.2 Å². The molecule has 5 nitrogen and oxygen atoms in total. The Hall–Kier alpha value is -0.750. The quantitative estimate of drug-likeness (QED) is 0.751. The molecule has 0 bridgehead atoms. The standard InChI is InChI=1S/C22H32O5/c1-20-8-5-15-16(18(20)7-10-22(20)26-13-14-27-22)3-4-19(23)17(15)6-9-21(2)24-11-12-25-21/h16,18H,3-14H2,1-2H3. The summed E-state index contributed by atoms with van der Waals surface area (Å²) in [5.74, 6) is 0.544. The average molecular weight is 376 g/mol. The van der Waals surface area contributed by atoms with E-state index >= 15 is 0 Å². The van der Waals surface area contributed by atoms with Gasteiger partial charge in [-0.2, -0.15) is 0 Å². The summed E-state index contributed by atoms with van der Waals surface area (Å²) >= 11 is 0. The lowest BCUT2D eigenvalue weighted by Crippen LogP contribution is -2.50. The number of fused-ring (bicyclic) bond motifs is 4. The number of carbonyl (C=O) groups is 1. The van der Waals surface area contributed by atoms with Gasteiger partial charge in [0.2, 0.25) is 0 Å². The fourth-order valence-electron chi connectivity index (χ4n) is 6.72. The highest BCUT2D eigenvalue weighted by Crippen LogP contribution is 2.64. The summed E-state index contributed by atoms with van der Waals surface area (Å²) in [6, 6.07) is 0. The van der Waals surface area contributed by atoms with E-state index in [0.717, 1.165) is 63.7 Å². The molecule has 27 heavy (non-hydrogen) atoms. The number of allylic oxidation sites excluding steroid dienone is 2. The topological polar surface area (TPSA) is 54.0 Å². The van der Waals surface area contributed by atoms with E-state index in [0.29, 0.717) is 37.3 Å². The van der Waals surface area contributed by atoms with E-state index in [1.54, 1.807) is 0 Å². The predicted molar refractivity (Wildman–Crippen MR) is 99.0 cm³/mol. The Labute approximate surface area is 161 Å². The van der Waals surface area contributed by atoms with Crippen molar-refractivity contribution < 1.29 is 23.7 Å². The van der Waals surface area contributed by atoms with Crippen LogP contribution in [-0.4, -0.2) is 43.8 Å². The SMILES string of the molecule is CC1(CCC2=C3CCC4(C)C(CCC45OCCO5)C3CCC2=O)OCCO1. The van der Waals surface area contributed by atoms with E-state index in [2.05, 4.69) is 6.92 Å². The molecular weight excluding hydrogens is 344 g/mol. The first-order chi connectivity index (χ1) is 13.0. The third-order valence-electron chi connectivity index (χ3n) is 8.21. The van der Waals surface area contributed by atoms with Crippen LogP contribution in [0.3, 0.4) is 0 Å². The molecule has 5 heteroatoms. The Morgan fingerprint density at radius 1 is 0.926 bits per heavy atom. The largest absolute Gasteiger partial charge is 0.348 e. The lowest BCUT2D eigenvalue weighted by Gasteiger charge is -2.50. The highest BCUT2D eigenvalue weighted by Gasteiger charge is 2.64. The van der Waals surface area contributed by atoms with E-state index in [1.165, 1.54) is 5.57 Å². The monoisotopic (exact) mass is 376 g/mol. The van der Waals surface area contributed by atoms with Crippen LogP contribution >= 0.6 is 0 Å². The van der Waals surface area contributed by atoms with Gasteiger partial charge in [0.05, 0.1) is 26.4 Å². The van der Waals surface area contributed by atoms with Crippen molar-refractivity contribution in [2.45, 2.75) is 76.8 Å². The molecule has 3 atom stereocenters. The van der Waals surface area contributed by atoms with Gasteiger partial charge in [0.25, 0.3) is 0 Å². The molecule has 0 aromatic rings. The van der Waals surface area contributed by atoms with Gasteiger partial charge in [0, 0.05) is 24.7 Å². The normalized spacial score (nSPS) is 39.9. The third-order valence-corrected chi connectivity index (χ3v) is 8.21. The fourth-order valence-corrected chi connectivity index (χ4v) is 6.72. The summed E-state index contributed by atoms with van der Waals surface area (Å²) in [4.78, 5) is 12.8. The minimum Gasteiger partial charge on any atom is -0.348 e. The first-order valence-corrected chi connectivity index (χ1v) is 10.8. The average Bonchev–Trinajstić information content (AvgIpc) is 3.36. The number of hydrogen-bond donors (Lipinski definition) is 0. The molecule has 4 fully saturated rings. The molecule has 2 saturated heterocycles. The Morgan fingerprint density at radius 2 is 1.63 bits per heavy atom. The zero-order valence-electron chi connectivity index (χ0n) is 16.7. The van der Waals surface area contributed by atoms with Crippen LogP contribution in [0, 0.1) is 17.3 Å². The molecule has 5 aliphatic rings. The first-order valence-electron chi connectivity index (χ1n) is 10.8. The molecule has 0 aromatic heterocycles. The third kappa shape index (κ3) is 2.69. The van der Waals surface area contributed by atoms with Gasteiger partial charge in [-0.1, -0.05) is 12.5 Å². The Balaban J connectivity index is 1.41. The van der Waals surface area contributed by atoms with Crippen LogP contribution in [0.15, 0.2) is 11.1 Å². The van der Waals surface area contributed by atoms with Crippen molar-refractivity contribution in [3.63, 3.8) is 0 Å². The van der Waals surface area contributed by atoms with Gasteiger partial charge in [0.1, 0.15) is 0 Å². The van der Waals surface area contributed by atoms with Crippen LogP contribution in [0.5, 0.6) is 0 Å². The molecule has 2 aliphatic heterocycles. The molecule has 150 valence electrons. The number of ketones is 1. The molecule has 0 aromatic carbocycles. The second-order valence-corrected chi connectivity index (χ2v) is 9.42. The van der Waals surface area contributed by atoms with Crippen molar-refractivity contribution >= 4 is 5.78 Å². The number of ether oxygens (including phenoxy) is 4. The minimum atomic E-state index is -0.521. The van der Waals surface area contributed by atoms with E-state index < -0.39 is 5.79 Å². The van der Waals surface area contributed by atoms with Gasteiger partial charge in [0.15, 0.2) is 17.4 Å². The van der Waals surface area contributed by atoms with Crippen LogP contribution in [0.2, 0.25) is 0 Å². The highest BCUT2D eigenvalue weighted by molar-refractivity contribution is 5.97. The molecule has 1 spiro atoms. The van der Waals surface area contributed by atoms with Crippen molar-refractivity contribution in [2.75, 3.05) is 26.4 Å². The highest BCUT2D eigenvalue weighted by atomic mass is 16.7. The molecular formula is C22H32O5. The maximum Gasteiger partial charge on any atom is 0.174 e. The summed E-state index contributed by atoms with van der Waals surface area (Å²) in [7, 11) is 0. The summed E-state index contributed by atoms with van der Waals surface area (Å²) in [6.45, 7) is 7.13. The molecule has 2 heterocycles. The molecule has 5 rings (SSSR count). The van der Waals surface area contributed by atoms with Gasteiger partial charge in [-0.15, -0.1) is 0 Å².